The molecule has 1 aromatic heterocycles. The standard InChI is InChI=1S/C18H24N4O2S/c1-13-7-10-21(11-8-13)16(23)9-12-22-17(19-20-18(22)25)14-3-5-15(24-2)6-4-14/h3-6,13H,7-12H2,1-2H3,(H,20,25). The van der Waals surface area contributed by atoms with Crippen molar-refractivity contribution in [2.45, 2.75) is 32.7 Å². The average molecular weight is 360 g/mol. The number of H-pyrrole nitrogens is 1. The predicted octanol–water partition coefficient (Wildman–Crippen LogP) is 3.26. The number of rotatable bonds is 5. The zero-order valence-corrected chi connectivity index (χ0v) is 15.5. The first-order valence-electron chi connectivity index (χ1n) is 8.66. The van der Waals surface area contributed by atoms with Crippen LogP contribution >= 0.6 is 12.2 Å². The van der Waals surface area contributed by atoms with Gasteiger partial charge in [-0.3, -0.25) is 14.5 Å². The van der Waals surface area contributed by atoms with Crippen molar-refractivity contribution in [3.05, 3.63) is 29.0 Å². The van der Waals surface area contributed by atoms with Crippen LogP contribution < -0.4 is 4.74 Å². The van der Waals surface area contributed by atoms with Gasteiger partial charge in [-0.2, -0.15) is 5.10 Å². The normalized spacial score (nSPS) is 15.4. The quantitative estimate of drug-likeness (QED) is 0.831. The topological polar surface area (TPSA) is 63.1 Å². The number of nitrogens with one attached hydrogen (secondary N) is 1. The maximum absolute atomic E-state index is 12.5. The third-order valence-electron chi connectivity index (χ3n) is 4.79. The summed E-state index contributed by atoms with van der Waals surface area (Å²) < 4.78 is 7.61. The van der Waals surface area contributed by atoms with Gasteiger partial charge in [-0.1, -0.05) is 6.92 Å². The number of ether oxygens (including phenoxy) is 1. The van der Waals surface area contributed by atoms with E-state index >= 15 is 0 Å². The van der Waals surface area contributed by atoms with Gasteiger partial charge in [-0.15, -0.1) is 0 Å². The van der Waals surface area contributed by atoms with Crippen LogP contribution in [0.25, 0.3) is 11.4 Å². The Balaban J connectivity index is 1.69. The van der Waals surface area contributed by atoms with Crippen molar-refractivity contribution in [3.63, 3.8) is 0 Å². The molecular formula is C18H24N4O2S. The van der Waals surface area contributed by atoms with E-state index in [0.29, 0.717) is 23.7 Å². The molecule has 1 aliphatic heterocycles. The Labute approximate surface area is 152 Å². The van der Waals surface area contributed by atoms with Crippen molar-refractivity contribution in [2.24, 2.45) is 5.92 Å². The highest BCUT2D eigenvalue weighted by Crippen LogP contribution is 2.22. The molecule has 1 aliphatic rings. The van der Waals surface area contributed by atoms with Crippen LogP contribution in [-0.4, -0.2) is 45.8 Å². The summed E-state index contributed by atoms with van der Waals surface area (Å²) in [7, 11) is 1.64. The van der Waals surface area contributed by atoms with Gasteiger partial charge in [0.25, 0.3) is 0 Å². The van der Waals surface area contributed by atoms with E-state index in [9.17, 15) is 4.79 Å². The molecule has 0 spiro atoms. The number of carbonyl (C=O) groups is 1. The molecule has 1 amide bonds. The van der Waals surface area contributed by atoms with Crippen LogP contribution in [0.2, 0.25) is 0 Å². The van der Waals surface area contributed by atoms with Crippen LogP contribution in [-0.2, 0) is 11.3 Å². The Kier molecular flexibility index (Phi) is 5.53. The number of aromatic nitrogens is 3. The molecule has 7 heteroatoms. The molecule has 1 N–H and O–H groups in total. The maximum Gasteiger partial charge on any atom is 0.224 e. The molecule has 0 bridgehead atoms. The largest absolute Gasteiger partial charge is 0.497 e. The van der Waals surface area contributed by atoms with E-state index in [4.69, 9.17) is 17.0 Å². The SMILES string of the molecule is COc1ccc(-c2n[nH]c(=S)n2CCC(=O)N2CCC(C)CC2)cc1. The molecule has 2 heterocycles. The van der Waals surface area contributed by atoms with Gasteiger partial charge in [0.2, 0.25) is 5.91 Å². The lowest BCUT2D eigenvalue weighted by Gasteiger charge is -2.30. The fourth-order valence-electron chi connectivity index (χ4n) is 3.11. The van der Waals surface area contributed by atoms with Crippen molar-refractivity contribution in [1.29, 1.82) is 0 Å². The fraction of sp³-hybridized carbons (Fsp3) is 0.500. The summed E-state index contributed by atoms with van der Waals surface area (Å²) in [6.07, 6.45) is 2.62. The van der Waals surface area contributed by atoms with E-state index in [0.717, 1.165) is 43.1 Å². The van der Waals surface area contributed by atoms with Crippen molar-refractivity contribution in [1.82, 2.24) is 19.7 Å². The smallest absolute Gasteiger partial charge is 0.224 e. The van der Waals surface area contributed by atoms with Crippen LogP contribution in [0, 0.1) is 10.7 Å². The summed E-state index contributed by atoms with van der Waals surface area (Å²) in [5, 5.41) is 7.15. The second kappa shape index (κ2) is 7.82. The van der Waals surface area contributed by atoms with E-state index in [1.807, 2.05) is 33.7 Å². The van der Waals surface area contributed by atoms with Crippen LogP contribution in [0.5, 0.6) is 5.75 Å². The highest BCUT2D eigenvalue weighted by molar-refractivity contribution is 7.71. The van der Waals surface area contributed by atoms with Crippen LogP contribution in [0.4, 0.5) is 0 Å². The van der Waals surface area contributed by atoms with Gasteiger partial charge in [-0.25, -0.2) is 0 Å². The van der Waals surface area contributed by atoms with Gasteiger partial charge in [0.15, 0.2) is 10.6 Å². The lowest BCUT2D eigenvalue weighted by Crippen LogP contribution is -2.38. The van der Waals surface area contributed by atoms with E-state index in [2.05, 4.69) is 17.1 Å². The molecule has 0 unspecified atom stereocenters. The molecule has 2 aromatic rings. The predicted molar refractivity (Wildman–Crippen MR) is 99.0 cm³/mol. The third-order valence-corrected chi connectivity index (χ3v) is 5.10. The Morgan fingerprint density at radius 3 is 2.64 bits per heavy atom. The lowest BCUT2D eigenvalue weighted by molar-refractivity contribution is -0.132. The summed E-state index contributed by atoms with van der Waals surface area (Å²) in [5.41, 5.74) is 0.937. The van der Waals surface area contributed by atoms with Crippen LogP contribution in [0.15, 0.2) is 24.3 Å². The molecule has 1 fully saturated rings. The van der Waals surface area contributed by atoms with E-state index in [1.54, 1.807) is 7.11 Å². The number of hydrogen-bond acceptors (Lipinski definition) is 4. The Morgan fingerprint density at radius 2 is 2.00 bits per heavy atom. The minimum atomic E-state index is 0.190. The molecule has 0 atom stereocenters. The molecule has 1 saturated heterocycles. The summed E-state index contributed by atoms with van der Waals surface area (Å²) in [5.74, 6) is 2.44. The first kappa shape index (κ1) is 17.7. The number of nitrogens with zero attached hydrogens (tertiary/aromatic N) is 3. The van der Waals surface area contributed by atoms with Gasteiger partial charge in [0.05, 0.1) is 7.11 Å². The van der Waals surface area contributed by atoms with Gasteiger partial charge >= 0.3 is 0 Å². The lowest BCUT2D eigenvalue weighted by atomic mass is 9.99. The third kappa shape index (κ3) is 4.10. The number of amides is 1. The van der Waals surface area contributed by atoms with Crippen molar-refractivity contribution in [2.75, 3.05) is 20.2 Å². The summed E-state index contributed by atoms with van der Waals surface area (Å²) in [6, 6.07) is 7.65. The first-order chi connectivity index (χ1) is 12.1. The molecular weight excluding hydrogens is 336 g/mol. The maximum atomic E-state index is 12.5. The molecule has 0 saturated carbocycles. The van der Waals surface area contributed by atoms with E-state index in [1.165, 1.54) is 0 Å². The highest BCUT2D eigenvalue weighted by Gasteiger charge is 2.20. The minimum absolute atomic E-state index is 0.190. The van der Waals surface area contributed by atoms with Gasteiger partial charge in [-0.05, 0) is 55.2 Å². The Hall–Kier alpha value is -2.15. The second-order valence-corrected chi connectivity index (χ2v) is 6.93. The number of piperidine rings is 1. The number of hydrogen-bond donors (Lipinski definition) is 1. The molecule has 0 radical (unpaired) electrons. The zero-order valence-electron chi connectivity index (χ0n) is 14.7. The number of carbonyl (C=O) groups excluding carboxylic acids is 1. The molecule has 6 nitrogen and oxygen atoms in total. The summed E-state index contributed by atoms with van der Waals surface area (Å²) in [4.78, 5) is 14.4. The van der Waals surface area contributed by atoms with Gasteiger partial charge in [0, 0.05) is 31.6 Å². The molecule has 3 rings (SSSR count). The van der Waals surface area contributed by atoms with Crippen molar-refractivity contribution < 1.29 is 9.53 Å². The monoisotopic (exact) mass is 360 g/mol. The first-order valence-corrected chi connectivity index (χ1v) is 9.06. The number of methoxy groups -OCH3 is 1. The number of benzene rings is 1. The zero-order chi connectivity index (χ0) is 17.8. The number of aromatic amines is 1. The van der Waals surface area contributed by atoms with Crippen molar-refractivity contribution in [3.8, 4) is 17.1 Å². The van der Waals surface area contributed by atoms with Crippen LogP contribution in [0.1, 0.15) is 26.2 Å². The van der Waals surface area contributed by atoms with E-state index in [-0.39, 0.29) is 5.91 Å². The van der Waals surface area contributed by atoms with Gasteiger partial charge in [0.1, 0.15) is 5.75 Å². The molecule has 1 aromatic carbocycles. The van der Waals surface area contributed by atoms with Gasteiger partial charge < -0.3 is 9.64 Å². The Bertz CT molecular complexity index is 773. The van der Waals surface area contributed by atoms with Crippen molar-refractivity contribution >= 4 is 18.1 Å². The minimum Gasteiger partial charge on any atom is -0.497 e. The molecule has 134 valence electrons. The average Bonchev–Trinajstić information content (AvgIpc) is 3.01. The van der Waals surface area contributed by atoms with Crippen LogP contribution in [0.3, 0.4) is 0 Å². The summed E-state index contributed by atoms with van der Waals surface area (Å²) in [6.45, 7) is 4.50. The number of likely N-dealkylation sites (tertiary alicyclic amines) is 1. The molecule has 25 heavy (non-hydrogen) atoms. The van der Waals surface area contributed by atoms with E-state index < -0.39 is 0 Å². The highest BCUT2D eigenvalue weighted by atomic mass is 32.1. The fourth-order valence-corrected chi connectivity index (χ4v) is 3.33. The summed E-state index contributed by atoms with van der Waals surface area (Å²) >= 11 is 5.34. The second-order valence-electron chi connectivity index (χ2n) is 6.55. The Morgan fingerprint density at radius 1 is 1.32 bits per heavy atom. The molecule has 0 aliphatic carbocycles.